The van der Waals surface area contributed by atoms with Crippen molar-refractivity contribution >= 4 is 11.2 Å². The van der Waals surface area contributed by atoms with Crippen LogP contribution in [0.3, 0.4) is 0 Å². The van der Waals surface area contributed by atoms with Crippen LogP contribution in [-0.2, 0) is 16.1 Å². The molecule has 2 heterocycles. The van der Waals surface area contributed by atoms with E-state index in [4.69, 9.17) is 15.2 Å². The molecule has 5 N–H and O–H groups in total. The highest BCUT2D eigenvalue weighted by atomic mass is 16.6. The first-order chi connectivity index (χ1) is 10.6. The summed E-state index contributed by atoms with van der Waals surface area (Å²) < 4.78 is 10.8. The molecule has 0 aliphatic carbocycles. The number of aliphatic hydroxyl groups excluding tert-OH is 1. The monoisotopic (exact) mass is 311 g/mol. The number of H-pyrrole nitrogens is 2. The Morgan fingerprint density at radius 3 is 3.05 bits per heavy atom. The molecular formula is C13H21N5O4. The van der Waals surface area contributed by atoms with Crippen LogP contribution in [0.5, 0.6) is 0 Å². The average molecular weight is 311 g/mol. The fraction of sp³-hybridized carbons (Fsp3) is 0.615. The van der Waals surface area contributed by atoms with Gasteiger partial charge in [0.1, 0.15) is 12.4 Å². The summed E-state index contributed by atoms with van der Waals surface area (Å²) in [4.78, 5) is 25.1. The molecule has 0 spiro atoms. The van der Waals surface area contributed by atoms with Crippen molar-refractivity contribution in [1.82, 2.24) is 19.9 Å². The Labute approximate surface area is 126 Å². The van der Waals surface area contributed by atoms with E-state index in [0.717, 1.165) is 12.8 Å². The van der Waals surface area contributed by atoms with Gasteiger partial charge >= 0.3 is 0 Å². The van der Waals surface area contributed by atoms with Crippen molar-refractivity contribution in [2.24, 2.45) is 5.73 Å². The van der Waals surface area contributed by atoms with Gasteiger partial charge in [-0.1, -0.05) is 13.3 Å². The molecule has 1 atom stereocenters. The first kappa shape index (κ1) is 16.6. The summed E-state index contributed by atoms with van der Waals surface area (Å²) in [5.74, 6) is 0.279. The third-order valence-corrected chi connectivity index (χ3v) is 3.10. The Kier molecular flexibility index (Phi) is 5.61. The molecule has 0 aliphatic heterocycles. The van der Waals surface area contributed by atoms with Crippen molar-refractivity contribution in [1.29, 1.82) is 0 Å². The lowest BCUT2D eigenvalue weighted by molar-refractivity contribution is -0.129. The number of aliphatic hydroxyl groups is 1. The molecule has 2 aromatic rings. The first-order valence-electron chi connectivity index (χ1n) is 7.11. The van der Waals surface area contributed by atoms with Crippen LogP contribution in [-0.4, -0.2) is 50.6 Å². The number of hydrogen-bond acceptors (Lipinski definition) is 7. The number of hydrogen-bond donors (Lipinski definition) is 4. The van der Waals surface area contributed by atoms with Gasteiger partial charge < -0.3 is 24.5 Å². The lowest BCUT2D eigenvalue weighted by atomic mass is 10.3. The van der Waals surface area contributed by atoms with E-state index in [-0.39, 0.29) is 24.6 Å². The fourth-order valence-corrected chi connectivity index (χ4v) is 1.79. The number of rotatable bonds is 9. The number of ether oxygens (including phenoxy) is 2. The van der Waals surface area contributed by atoms with E-state index in [1.54, 1.807) is 0 Å². The molecule has 0 aromatic carbocycles. The standard InChI is InChI=1S/C13H21N5O4/c1-2-3-4-21-7-13(14,6-19)22-5-9-17-11-10(12(20)18-9)15-8-16-11/h8,19H,2-7,14H2,1H3,(H2,15,16,17,18,20). The third kappa shape index (κ3) is 4.10. The fourth-order valence-electron chi connectivity index (χ4n) is 1.79. The van der Waals surface area contributed by atoms with Crippen molar-refractivity contribution in [2.45, 2.75) is 32.1 Å². The molecule has 2 rings (SSSR count). The predicted molar refractivity (Wildman–Crippen MR) is 79.0 cm³/mol. The highest BCUT2D eigenvalue weighted by Crippen LogP contribution is 2.08. The largest absolute Gasteiger partial charge is 0.392 e. The van der Waals surface area contributed by atoms with E-state index < -0.39 is 12.3 Å². The predicted octanol–water partition coefficient (Wildman–Crippen LogP) is -0.373. The summed E-state index contributed by atoms with van der Waals surface area (Å²) in [5, 5.41) is 9.37. The summed E-state index contributed by atoms with van der Waals surface area (Å²) in [6, 6.07) is 0. The first-order valence-corrected chi connectivity index (χ1v) is 7.11. The molecule has 0 aliphatic rings. The molecule has 22 heavy (non-hydrogen) atoms. The Bertz CT molecular complexity index is 655. The minimum absolute atomic E-state index is 0.0539. The zero-order chi connectivity index (χ0) is 16.0. The molecule has 0 saturated heterocycles. The van der Waals surface area contributed by atoms with Gasteiger partial charge in [-0.15, -0.1) is 0 Å². The van der Waals surface area contributed by atoms with Crippen molar-refractivity contribution in [3.63, 3.8) is 0 Å². The number of aromatic nitrogens is 4. The quantitative estimate of drug-likeness (QED) is 0.366. The van der Waals surface area contributed by atoms with Gasteiger partial charge in [-0.2, -0.15) is 0 Å². The Morgan fingerprint density at radius 1 is 1.50 bits per heavy atom. The summed E-state index contributed by atoms with van der Waals surface area (Å²) >= 11 is 0. The third-order valence-electron chi connectivity index (χ3n) is 3.10. The molecular weight excluding hydrogens is 290 g/mol. The highest BCUT2D eigenvalue weighted by Gasteiger charge is 2.26. The zero-order valence-electron chi connectivity index (χ0n) is 12.5. The van der Waals surface area contributed by atoms with Crippen LogP contribution < -0.4 is 11.3 Å². The molecule has 0 fully saturated rings. The van der Waals surface area contributed by atoms with Crippen LogP contribution in [0.2, 0.25) is 0 Å². The number of nitrogens with zero attached hydrogens (tertiary/aromatic N) is 2. The van der Waals surface area contributed by atoms with Gasteiger partial charge in [0, 0.05) is 6.61 Å². The van der Waals surface area contributed by atoms with Gasteiger partial charge in [0.2, 0.25) is 0 Å². The SMILES string of the molecule is CCCCOCC(N)(CO)OCc1nc2nc[nH]c2c(=O)[nH]1. The second-order valence-electron chi connectivity index (χ2n) is 5.03. The van der Waals surface area contributed by atoms with E-state index in [1.807, 2.05) is 0 Å². The van der Waals surface area contributed by atoms with Crippen LogP contribution in [0.15, 0.2) is 11.1 Å². The molecule has 0 saturated carbocycles. The van der Waals surface area contributed by atoms with Crippen LogP contribution in [0.25, 0.3) is 11.2 Å². The Balaban J connectivity index is 1.97. The van der Waals surface area contributed by atoms with Gasteiger partial charge in [0.05, 0.1) is 19.5 Å². The number of aromatic amines is 2. The van der Waals surface area contributed by atoms with Crippen LogP contribution in [0.4, 0.5) is 0 Å². The second-order valence-corrected chi connectivity index (χ2v) is 5.03. The molecule has 9 heteroatoms. The van der Waals surface area contributed by atoms with Gasteiger partial charge in [-0.05, 0) is 6.42 Å². The number of nitrogens with one attached hydrogen (secondary N) is 2. The van der Waals surface area contributed by atoms with Crippen LogP contribution in [0.1, 0.15) is 25.6 Å². The normalized spacial score (nSPS) is 14.3. The topological polar surface area (TPSA) is 139 Å². The Hall–Kier alpha value is -1.81. The van der Waals surface area contributed by atoms with Gasteiger partial charge in [-0.25, -0.2) is 9.97 Å². The maximum Gasteiger partial charge on any atom is 0.277 e. The minimum atomic E-state index is -1.34. The highest BCUT2D eigenvalue weighted by molar-refractivity contribution is 5.67. The summed E-state index contributed by atoms with van der Waals surface area (Å²) in [5.41, 5.74) is 4.84. The smallest absolute Gasteiger partial charge is 0.277 e. The Morgan fingerprint density at radius 2 is 2.32 bits per heavy atom. The van der Waals surface area contributed by atoms with E-state index >= 15 is 0 Å². The van der Waals surface area contributed by atoms with Gasteiger partial charge in [-0.3, -0.25) is 10.5 Å². The van der Waals surface area contributed by atoms with Crippen molar-refractivity contribution < 1.29 is 14.6 Å². The summed E-state index contributed by atoms with van der Waals surface area (Å²) in [6.45, 7) is 2.18. The van der Waals surface area contributed by atoms with E-state index in [2.05, 4.69) is 26.9 Å². The average Bonchev–Trinajstić information content (AvgIpc) is 2.99. The molecule has 122 valence electrons. The van der Waals surface area contributed by atoms with Crippen LogP contribution in [0, 0.1) is 0 Å². The minimum Gasteiger partial charge on any atom is -0.392 e. The lowest BCUT2D eigenvalue weighted by Crippen LogP contribution is -2.50. The molecule has 2 aromatic heterocycles. The molecule has 9 nitrogen and oxygen atoms in total. The molecule has 0 bridgehead atoms. The second kappa shape index (κ2) is 7.45. The number of unbranched alkanes of at least 4 members (excludes halogenated alkanes) is 1. The molecule has 0 amide bonds. The molecule has 1 unspecified atom stereocenters. The maximum atomic E-state index is 11.8. The number of imidazole rings is 1. The van der Waals surface area contributed by atoms with Crippen molar-refractivity contribution in [2.75, 3.05) is 19.8 Å². The van der Waals surface area contributed by atoms with Crippen molar-refractivity contribution in [3.8, 4) is 0 Å². The zero-order valence-corrected chi connectivity index (χ0v) is 12.5. The number of nitrogens with two attached hydrogens (primary N) is 1. The van der Waals surface area contributed by atoms with E-state index in [9.17, 15) is 9.90 Å². The van der Waals surface area contributed by atoms with Gasteiger partial charge in [0.15, 0.2) is 16.9 Å². The van der Waals surface area contributed by atoms with Gasteiger partial charge in [0.25, 0.3) is 5.56 Å². The summed E-state index contributed by atoms with van der Waals surface area (Å²) in [6.07, 6.45) is 3.30. The summed E-state index contributed by atoms with van der Waals surface area (Å²) in [7, 11) is 0. The van der Waals surface area contributed by atoms with E-state index in [0.29, 0.717) is 17.8 Å². The van der Waals surface area contributed by atoms with E-state index in [1.165, 1.54) is 6.33 Å². The van der Waals surface area contributed by atoms with Crippen LogP contribution >= 0.6 is 0 Å². The number of fused-ring (bicyclic) bond motifs is 1. The van der Waals surface area contributed by atoms with Crippen molar-refractivity contribution in [3.05, 3.63) is 22.5 Å². The molecule has 0 radical (unpaired) electrons. The lowest BCUT2D eigenvalue weighted by Gasteiger charge is -2.27. The maximum absolute atomic E-state index is 11.8.